The smallest absolute Gasteiger partial charge is 0.285 e. The number of nitrogens with zero attached hydrogens (tertiary/aromatic N) is 3. The van der Waals surface area contributed by atoms with Gasteiger partial charge in [-0.05, 0) is 22.9 Å². The fourth-order valence-corrected chi connectivity index (χ4v) is 2.12. The van der Waals surface area contributed by atoms with E-state index in [1.165, 1.54) is 0 Å². The second-order valence-corrected chi connectivity index (χ2v) is 4.77. The van der Waals surface area contributed by atoms with Crippen LogP contribution in [0.25, 0.3) is 16.6 Å². The SMILES string of the molecule is CC(C)Cc1nc2ccccc2[n+]2noc([O-])c12. The fraction of sp³-hybridized carbons (Fsp3) is 0.308. The van der Waals surface area contributed by atoms with Crippen LogP contribution in [0.5, 0.6) is 5.95 Å². The lowest BCUT2D eigenvalue weighted by molar-refractivity contribution is -0.568. The average molecular weight is 243 g/mol. The lowest BCUT2D eigenvalue weighted by Crippen LogP contribution is -2.27. The molecule has 0 aliphatic rings. The molecule has 0 unspecified atom stereocenters. The van der Waals surface area contributed by atoms with E-state index in [0.717, 1.165) is 23.1 Å². The highest BCUT2D eigenvalue weighted by Crippen LogP contribution is 2.20. The van der Waals surface area contributed by atoms with Crippen molar-refractivity contribution in [2.24, 2.45) is 5.92 Å². The molecule has 2 heterocycles. The molecule has 0 aliphatic carbocycles. The fourth-order valence-electron chi connectivity index (χ4n) is 2.12. The van der Waals surface area contributed by atoms with Crippen molar-refractivity contribution >= 4 is 16.6 Å². The van der Waals surface area contributed by atoms with Crippen molar-refractivity contribution in [1.29, 1.82) is 0 Å². The monoisotopic (exact) mass is 243 g/mol. The normalized spacial score (nSPS) is 11.7. The van der Waals surface area contributed by atoms with Gasteiger partial charge in [-0.1, -0.05) is 26.0 Å². The Bertz CT molecular complexity index is 719. The molecule has 0 radical (unpaired) electrons. The molecular formula is C13H13N3O2. The molecule has 3 aromatic rings. The van der Waals surface area contributed by atoms with Crippen molar-refractivity contribution in [3.8, 4) is 5.95 Å². The highest BCUT2D eigenvalue weighted by molar-refractivity contribution is 5.73. The number of para-hydroxylation sites is 2. The summed E-state index contributed by atoms with van der Waals surface area (Å²) in [7, 11) is 0. The third kappa shape index (κ3) is 1.59. The van der Waals surface area contributed by atoms with Gasteiger partial charge in [-0.25, -0.2) is 4.98 Å². The standard InChI is InChI=1S/C13H13N3O2/c1-8(2)7-10-12-13(17)18-15-16(12)11-6-4-3-5-9(11)14-10/h3-6,8H,7H2,1-2H3. The molecule has 0 saturated heterocycles. The topological polar surface area (TPSA) is 66.1 Å². The van der Waals surface area contributed by atoms with Gasteiger partial charge in [0, 0.05) is 6.07 Å². The third-order valence-electron chi connectivity index (χ3n) is 2.85. The van der Waals surface area contributed by atoms with Gasteiger partial charge in [0.15, 0.2) is 5.95 Å². The third-order valence-corrected chi connectivity index (χ3v) is 2.85. The van der Waals surface area contributed by atoms with Crippen LogP contribution in [0, 0.1) is 5.92 Å². The Hall–Kier alpha value is -2.17. The molecule has 0 amide bonds. The highest BCUT2D eigenvalue weighted by Gasteiger charge is 2.21. The molecule has 2 aromatic heterocycles. The van der Waals surface area contributed by atoms with Crippen molar-refractivity contribution < 1.29 is 14.1 Å². The molecule has 0 N–H and O–H groups in total. The van der Waals surface area contributed by atoms with Crippen LogP contribution in [-0.4, -0.2) is 10.3 Å². The molecule has 92 valence electrons. The first-order valence-corrected chi connectivity index (χ1v) is 5.93. The summed E-state index contributed by atoms with van der Waals surface area (Å²) >= 11 is 0. The lowest BCUT2D eigenvalue weighted by atomic mass is 10.1. The maximum Gasteiger partial charge on any atom is 0.285 e. The number of hydrogen-bond donors (Lipinski definition) is 0. The number of hydrogen-bond acceptors (Lipinski definition) is 4. The Morgan fingerprint density at radius 2 is 2.11 bits per heavy atom. The van der Waals surface area contributed by atoms with Crippen LogP contribution < -0.4 is 9.62 Å². The Kier molecular flexibility index (Phi) is 2.40. The maximum atomic E-state index is 11.7. The van der Waals surface area contributed by atoms with E-state index in [-0.39, 0.29) is 0 Å². The number of benzene rings is 1. The molecule has 5 heteroatoms. The van der Waals surface area contributed by atoms with Crippen molar-refractivity contribution in [2.75, 3.05) is 0 Å². The average Bonchev–Trinajstić information content (AvgIpc) is 2.72. The lowest BCUT2D eigenvalue weighted by Gasteiger charge is -2.03. The molecule has 0 aliphatic heterocycles. The Morgan fingerprint density at radius 3 is 2.89 bits per heavy atom. The predicted molar refractivity (Wildman–Crippen MR) is 63.0 cm³/mol. The van der Waals surface area contributed by atoms with Crippen LogP contribution in [0.3, 0.4) is 0 Å². The van der Waals surface area contributed by atoms with Gasteiger partial charge in [0.1, 0.15) is 11.2 Å². The minimum atomic E-state index is -0.427. The molecule has 0 spiro atoms. The predicted octanol–water partition coefficient (Wildman–Crippen LogP) is 1.23. The van der Waals surface area contributed by atoms with Gasteiger partial charge in [0.05, 0.1) is 5.27 Å². The molecule has 0 atom stereocenters. The largest absolute Gasteiger partial charge is 0.539 e. The molecule has 5 nitrogen and oxygen atoms in total. The zero-order chi connectivity index (χ0) is 12.7. The van der Waals surface area contributed by atoms with Crippen LogP contribution >= 0.6 is 0 Å². The van der Waals surface area contributed by atoms with Gasteiger partial charge in [-0.2, -0.15) is 0 Å². The first-order chi connectivity index (χ1) is 8.66. The summed E-state index contributed by atoms with van der Waals surface area (Å²) < 4.78 is 6.31. The summed E-state index contributed by atoms with van der Waals surface area (Å²) in [6.45, 7) is 4.18. The minimum absolute atomic E-state index is 0.414. The second-order valence-electron chi connectivity index (χ2n) is 4.77. The van der Waals surface area contributed by atoms with Crippen LogP contribution in [0.2, 0.25) is 0 Å². The van der Waals surface area contributed by atoms with Gasteiger partial charge < -0.3 is 9.63 Å². The van der Waals surface area contributed by atoms with Gasteiger partial charge in [0.25, 0.3) is 11.0 Å². The van der Waals surface area contributed by atoms with E-state index in [1.54, 1.807) is 4.52 Å². The van der Waals surface area contributed by atoms with Crippen molar-refractivity contribution in [2.45, 2.75) is 20.3 Å². The highest BCUT2D eigenvalue weighted by atomic mass is 16.6. The molecule has 1 aromatic carbocycles. The van der Waals surface area contributed by atoms with Crippen LogP contribution in [0.15, 0.2) is 28.8 Å². The van der Waals surface area contributed by atoms with Crippen LogP contribution in [0.1, 0.15) is 19.5 Å². The quantitative estimate of drug-likeness (QED) is 0.635. The van der Waals surface area contributed by atoms with E-state index >= 15 is 0 Å². The van der Waals surface area contributed by atoms with E-state index in [0.29, 0.717) is 11.4 Å². The second kappa shape index (κ2) is 3.94. The molecule has 0 fully saturated rings. The van der Waals surface area contributed by atoms with Gasteiger partial charge >= 0.3 is 0 Å². The van der Waals surface area contributed by atoms with Crippen molar-refractivity contribution in [1.82, 2.24) is 10.3 Å². The molecule has 18 heavy (non-hydrogen) atoms. The molecular weight excluding hydrogens is 230 g/mol. The summed E-state index contributed by atoms with van der Waals surface area (Å²) in [5.74, 6) is -0.0133. The maximum absolute atomic E-state index is 11.7. The number of rotatable bonds is 2. The van der Waals surface area contributed by atoms with E-state index in [9.17, 15) is 5.11 Å². The van der Waals surface area contributed by atoms with Crippen molar-refractivity contribution in [3.63, 3.8) is 0 Å². The molecule has 3 rings (SSSR count). The zero-order valence-electron chi connectivity index (χ0n) is 10.3. The Balaban J connectivity index is 2.40. The van der Waals surface area contributed by atoms with E-state index in [4.69, 9.17) is 4.52 Å². The first kappa shape index (κ1) is 11.0. The molecule has 0 bridgehead atoms. The molecule has 0 saturated carbocycles. The first-order valence-electron chi connectivity index (χ1n) is 5.93. The number of aromatic nitrogens is 3. The summed E-state index contributed by atoms with van der Waals surface area (Å²) in [6, 6.07) is 7.58. The van der Waals surface area contributed by atoms with Gasteiger partial charge in [-0.15, -0.1) is 0 Å². The summed E-state index contributed by atoms with van der Waals surface area (Å²) in [6.07, 6.45) is 0.727. The summed E-state index contributed by atoms with van der Waals surface area (Å²) in [5.41, 5.74) is 2.79. The Labute approximate surface area is 104 Å². The number of fused-ring (bicyclic) bond motifs is 3. The van der Waals surface area contributed by atoms with E-state index < -0.39 is 5.95 Å². The van der Waals surface area contributed by atoms with Crippen LogP contribution in [-0.2, 0) is 6.42 Å². The zero-order valence-corrected chi connectivity index (χ0v) is 10.3. The van der Waals surface area contributed by atoms with Crippen molar-refractivity contribution in [3.05, 3.63) is 30.0 Å². The van der Waals surface area contributed by atoms with Gasteiger partial charge in [-0.3, -0.25) is 0 Å². The van der Waals surface area contributed by atoms with E-state index in [2.05, 4.69) is 24.1 Å². The Morgan fingerprint density at radius 1 is 1.33 bits per heavy atom. The summed E-state index contributed by atoms with van der Waals surface area (Å²) in [5, 5.41) is 15.5. The minimum Gasteiger partial charge on any atom is -0.539 e. The van der Waals surface area contributed by atoms with Crippen LogP contribution in [0.4, 0.5) is 0 Å². The van der Waals surface area contributed by atoms with Gasteiger partial charge in [0.2, 0.25) is 0 Å². The summed E-state index contributed by atoms with van der Waals surface area (Å²) in [4.78, 5) is 4.56. The van der Waals surface area contributed by atoms with E-state index in [1.807, 2.05) is 24.3 Å².